The zero-order valence-corrected chi connectivity index (χ0v) is 21.7. The summed E-state index contributed by atoms with van der Waals surface area (Å²) in [7, 11) is -2.06. The van der Waals surface area contributed by atoms with E-state index in [0.717, 1.165) is 17.4 Å². The number of ether oxygens (including phenoxy) is 1. The second-order valence-corrected chi connectivity index (χ2v) is 10.8. The van der Waals surface area contributed by atoms with E-state index in [-0.39, 0.29) is 22.6 Å². The largest absolute Gasteiger partial charge is 0.507 e. The molecule has 4 aromatic rings. The van der Waals surface area contributed by atoms with E-state index in [1.165, 1.54) is 31.4 Å². The van der Waals surface area contributed by atoms with Crippen LogP contribution < -0.4 is 5.32 Å². The van der Waals surface area contributed by atoms with Crippen LogP contribution in [0.25, 0.3) is 22.3 Å². The smallest absolute Gasteiger partial charge is 0.307 e. The van der Waals surface area contributed by atoms with Gasteiger partial charge in [-0.3, -0.25) is 9.59 Å². The fraction of sp³-hybridized carbons (Fsp3) is 0.133. The van der Waals surface area contributed by atoms with Gasteiger partial charge in [0.25, 0.3) is 5.91 Å². The standard InChI is InChI=1S/C30H27NO6S/c1-37-29(33)19-27(23-10-8-21(9-11-23)20-6-4-3-5-7-20)31-30(34)26-18-24(14-17-28(26)32)22-12-15-25(16-13-22)38(2,35)36/h3-18,27,32H,19H2,1-2H3,(H,31,34). The van der Waals surface area contributed by atoms with Crippen LogP contribution in [0.15, 0.2) is 102 Å². The number of phenols is 1. The first-order valence-corrected chi connectivity index (χ1v) is 13.7. The highest BCUT2D eigenvalue weighted by Crippen LogP contribution is 2.29. The van der Waals surface area contributed by atoms with Crippen molar-refractivity contribution in [2.75, 3.05) is 13.4 Å². The maximum atomic E-state index is 13.3. The van der Waals surface area contributed by atoms with E-state index >= 15 is 0 Å². The molecule has 0 aliphatic heterocycles. The fourth-order valence-corrected chi connectivity index (χ4v) is 4.70. The van der Waals surface area contributed by atoms with Crippen molar-refractivity contribution in [1.82, 2.24) is 5.32 Å². The second kappa shape index (κ2) is 11.3. The second-order valence-electron chi connectivity index (χ2n) is 8.82. The number of sulfone groups is 1. The van der Waals surface area contributed by atoms with Crippen LogP contribution in [0.4, 0.5) is 0 Å². The predicted molar refractivity (Wildman–Crippen MR) is 145 cm³/mol. The van der Waals surface area contributed by atoms with E-state index in [1.807, 2.05) is 54.6 Å². The average Bonchev–Trinajstić information content (AvgIpc) is 2.93. The topological polar surface area (TPSA) is 110 Å². The van der Waals surface area contributed by atoms with Gasteiger partial charge in [-0.2, -0.15) is 0 Å². The van der Waals surface area contributed by atoms with Crippen LogP contribution >= 0.6 is 0 Å². The molecule has 0 spiro atoms. The van der Waals surface area contributed by atoms with Gasteiger partial charge in [-0.15, -0.1) is 0 Å². The first-order valence-electron chi connectivity index (χ1n) is 11.8. The van der Waals surface area contributed by atoms with Crippen LogP contribution in [0.1, 0.15) is 28.4 Å². The zero-order chi connectivity index (χ0) is 27.3. The zero-order valence-electron chi connectivity index (χ0n) is 20.9. The van der Waals surface area contributed by atoms with Gasteiger partial charge in [0, 0.05) is 6.26 Å². The Hall–Kier alpha value is -4.43. The van der Waals surface area contributed by atoms with Crippen LogP contribution in [-0.2, 0) is 19.4 Å². The highest BCUT2D eigenvalue weighted by Gasteiger charge is 2.22. The first kappa shape index (κ1) is 26.6. The monoisotopic (exact) mass is 529 g/mol. The molecular formula is C30H27NO6S. The summed E-state index contributed by atoms with van der Waals surface area (Å²) >= 11 is 0. The van der Waals surface area contributed by atoms with Gasteiger partial charge < -0.3 is 15.2 Å². The first-order chi connectivity index (χ1) is 18.2. The van der Waals surface area contributed by atoms with E-state index in [2.05, 4.69) is 5.32 Å². The van der Waals surface area contributed by atoms with E-state index in [1.54, 1.807) is 18.2 Å². The highest BCUT2D eigenvalue weighted by atomic mass is 32.2. The molecule has 0 saturated carbocycles. The number of amides is 1. The van der Waals surface area contributed by atoms with Crippen LogP contribution in [-0.4, -0.2) is 38.8 Å². The number of methoxy groups -OCH3 is 1. The van der Waals surface area contributed by atoms with Gasteiger partial charge in [-0.05, 0) is 52.1 Å². The molecule has 1 amide bonds. The molecule has 0 aliphatic rings. The minimum Gasteiger partial charge on any atom is -0.507 e. The van der Waals surface area contributed by atoms with Gasteiger partial charge in [0.05, 0.1) is 30.0 Å². The summed E-state index contributed by atoms with van der Waals surface area (Å²) in [6.45, 7) is 0. The summed E-state index contributed by atoms with van der Waals surface area (Å²) in [6.07, 6.45) is 1.03. The lowest BCUT2D eigenvalue weighted by molar-refractivity contribution is -0.141. The molecule has 0 aliphatic carbocycles. The minimum atomic E-state index is -3.34. The Bertz CT molecular complexity index is 1550. The third kappa shape index (κ3) is 6.27. The third-order valence-corrected chi connectivity index (χ3v) is 7.31. The van der Waals surface area contributed by atoms with Gasteiger partial charge >= 0.3 is 5.97 Å². The Morgan fingerprint density at radius 2 is 1.37 bits per heavy atom. The summed E-state index contributed by atoms with van der Waals surface area (Å²) in [5.41, 5.74) is 4.04. The molecule has 8 heteroatoms. The summed E-state index contributed by atoms with van der Waals surface area (Å²) in [6, 6.07) is 27.5. The number of nitrogens with one attached hydrogen (secondary N) is 1. The quantitative estimate of drug-likeness (QED) is 0.305. The van der Waals surface area contributed by atoms with Crippen molar-refractivity contribution in [3.8, 4) is 28.0 Å². The summed E-state index contributed by atoms with van der Waals surface area (Å²) < 4.78 is 28.4. The Kier molecular flexibility index (Phi) is 7.93. The highest BCUT2D eigenvalue weighted by molar-refractivity contribution is 7.90. The average molecular weight is 530 g/mol. The van der Waals surface area contributed by atoms with Gasteiger partial charge in [0.2, 0.25) is 0 Å². The molecular weight excluding hydrogens is 502 g/mol. The Balaban J connectivity index is 1.60. The van der Waals surface area contributed by atoms with Crippen molar-refractivity contribution in [3.05, 3.63) is 108 Å². The molecule has 0 radical (unpaired) electrons. The van der Waals surface area contributed by atoms with Crippen LogP contribution in [0.2, 0.25) is 0 Å². The summed E-state index contributed by atoms with van der Waals surface area (Å²) in [5.74, 6) is -1.29. The molecule has 4 aromatic carbocycles. The van der Waals surface area contributed by atoms with Crippen LogP contribution in [0.3, 0.4) is 0 Å². The maximum Gasteiger partial charge on any atom is 0.307 e. The molecule has 0 heterocycles. The lowest BCUT2D eigenvalue weighted by Crippen LogP contribution is -2.30. The van der Waals surface area contributed by atoms with Crippen molar-refractivity contribution in [3.63, 3.8) is 0 Å². The molecule has 1 unspecified atom stereocenters. The molecule has 0 saturated heterocycles. The molecule has 194 valence electrons. The van der Waals surface area contributed by atoms with E-state index in [9.17, 15) is 23.1 Å². The van der Waals surface area contributed by atoms with Gasteiger partial charge in [-0.1, -0.05) is 72.8 Å². The molecule has 0 bridgehead atoms. The normalized spacial score (nSPS) is 11.9. The molecule has 7 nitrogen and oxygen atoms in total. The van der Waals surface area contributed by atoms with Crippen molar-refractivity contribution >= 4 is 21.7 Å². The van der Waals surface area contributed by atoms with Gasteiger partial charge in [-0.25, -0.2) is 8.42 Å². The van der Waals surface area contributed by atoms with Crippen molar-refractivity contribution < 1.29 is 27.9 Å². The number of hydrogen-bond donors (Lipinski definition) is 2. The summed E-state index contributed by atoms with van der Waals surface area (Å²) in [5, 5.41) is 13.3. The maximum absolute atomic E-state index is 13.3. The molecule has 0 fully saturated rings. The van der Waals surface area contributed by atoms with Gasteiger partial charge in [0.15, 0.2) is 9.84 Å². The van der Waals surface area contributed by atoms with Crippen molar-refractivity contribution in [2.45, 2.75) is 17.4 Å². The Labute approximate surface area is 221 Å². The predicted octanol–water partition coefficient (Wildman–Crippen LogP) is 5.16. The molecule has 2 N–H and O–H groups in total. The molecule has 1 atom stereocenters. The SMILES string of the molecule is COC(=O)CC(NC(=O)c1cc(-c2ccc(S(C)(=O)=O)cc2)ccc1O)c1ccc(-c2ccccc2)cc1. The van der Waals surface area contributed by atoms with Crippen LogP contribution in [0, 0.1) is 0 Å². The number of esters is 1. The minimum absolute atomic E-state index is 0.0189. The molecule has 0 aromatic heterocycles. The Morgan fingerprint density at radius 3 is 1.97 bits per heavy atom. The Morgan fingerprint density at radius 1 is 0.816 bits per heavy atom. The number of aromatic hydroxyl groups is 1. The molecule has 38 heavy (non-hydrogen) atoms. The lowest BCUT2D eigenvalue weighted by Gasteiger charge is -2.19. The van der Waals surface area contributed by atoms with Gasteiger partial charge in [0.1, 0.15) is 5.75 Å². The molecule has 4 rings (SSSR count). The summed E-state index contributed by atoms with van der Waals surface area (Å²) in [4.78, 5) is 25.6. The van der Waals surface area contributed by atoms with Crippen LogP contribution in [0.5, 0.6) is 5.75 Å². The van der Waals surface area contributed by atoms with E-state index in [4.69, 9.17) is 4.74 Å². The number of benzene rings is 4. The fourth-order valence-electron chi connectivity index (χ4n) is 4.07. The number of hydrogen-bond acceptors (Lipinski definition) is 6. The number of carbonyl (C=O) groups is 2. The van der Waals surface area contributed by atoms with Crippen molar-refractivity contribution in [2.24, 2.45) is 0 Å². The van der Waals surface area contributed by atoms with Crippen molar-refractivity contribution in [1.29, 1.82) is 0 Å². The number of phenolic OH excluding ortho intramolecular Hbond substituents is 1. The van der Waals surface area contributed by atoms with E-state index < -0.39 is 27.8 Å². The number of rotatable bonds is 8. The number of carbonyl (C=O) groups excluding carboxylic acids is 2. The third-order valence-electron chi connectivity index (χ3n) is 6.18. The lowest BCUT2D eigenvalue weighted by atomic mass is 9.98. The van der Waals surface area contributed by atoms with E-state index in [0.29, 0.717) is 16.7 Å².